The van der Waals surface area contributed by atoms with Crippen LogP contribution in [0.2, 0.25) is 0 Å². The van der Waals surface area contributed by atoms with E-state index in [1.54, 1.807) is 23.7 Å². The molecule has 1 aliphatic heterocycles. The molecule has 0 N–H and O–H groups in total. The van der Waals surface area contributed by atoms with Gasteiger partial charge in [0.05, 0.1) is 23.3 Å². The molecule has 1 fully saturated rings. The lowest BCUT2D eigenvalue weighted by atomic mass is 10.1. The van der Waals surface area contributed by atoms with Gasteiger partial charge < -0.3 is 4.90 Å². The molecule has 0 aliphatic carbocycles. The van der Waals surface area contributed by atoms with Gasteiger partial charge in [-0.15, -0.1) is 0 Å². The molecule has 1 saturated heterocycles. The molecule has 0 amide bonds. The fourth-order valence-electron chi connectivity index (χ4n) is 3.95. The molecule has 0 radical (unpaired) electrons. The van der Waals surface area contributed by atoms with Gasteiger partial charge in [0, 0.05) is 38.1 Å². The van der Waals surface area contributed by atoms with E-state index in [0.29, 0.717) is 11.7 Å². The Morgan fingerprint density at radius 2 is 2.03 bits per heavy atom. The van der Waals surface area contributed by atoms with Crippen LogP contribution in [0.15, 0.2) is 59.1 Å². The number of hydrogen-bond acceptors (Lipinski definition) is 7. The monoisotopic (exact) mass is 442 g/mol. The van der Waals surface area contributed by atoms with Crippen LogP contribution >= 0.6 is 11.5 Å². The third-order valence-corrected chi connectivity index (χ3v) is 7.76. The second-order valence-electron chi connectivity index (χ2n) is 7.83. The van der Waals surface area contributed by atoms with Crippen molar-refractivity contribution in [2.45, 2.75) is 36.7 Å². The van der Waals surface area contributed by atoms with E-state index in [2.05, 4.69) is 50.5 Å². The average Bonchev–Trinajstić information content (AvgIpc) is 3.40. The molecule has 4 rings (SSSR count). The van der Waals surface area contributed by atoms with Crippen LogP contribution < -0.4 is 4.90 Å². The summed E-state index contributed by atoms with van der Waals surface area (Å²) in [6, 6.07) is 14.3. The van der Waals surface area contributed by atoms with Gasteiger partial charge in [0.25, 0.3) is 0 Å². The number of hydrogen-bond donors (Lipinski definition) is 0. The molecule has 0 unspecified atom stereocenters. The maximum atomic E-state index is 12.7. The predicted octanol–water partition coefficient (Wildman–Crippen LogP) is 3.53. The lowest BCUT2D eigenvalue weighted by Gasteiger charge is -2.28. The topological polar surface area (TPSA) is 66.4 Å². The highest BCUT2D eigenvalue weighted by Gasteiger charge is 2.27. The minimum atomic E-state index is -3.50. The minimum Gasteiger partial charge on any atom is -0.369 e. The van der Waals surface area contributed by atoms with Crippen molar-refractivity contribution in [3.05, 3.63) is 70.9 Å². The van der Waals surface area contributed by atoms with E-state index in [-0.39, 0.29) is 10.8 Å². The van der Waals surface area contributed by atoms with Gasteiger partial charge in [0.2, 0.25) is 9.84 Å². The summed E-state index contributed by atoms with van der Waals surface area (Å²) in [5.74, 6) is -0.116. The third kappa shape index (κ3) is 4.71. The Labute approximate surface area is 182 Å². The van der Waals surface area contributed by atoms with Gasteiger partial charge in [-0.1, -0.05) is 30.3 Å². The Hall–Kier alpha value is -2.29. The average molecular weight is 443 g/mol. The van der Waals surface area contributed by atoms with E-state index in [4.69, 9.17) is 0 Å². The van der Waals surface area contributed by atoms with Crippen LogP contribution in [0.3, 0.4) is 0 Å². The molecule has 0 bridgehead atoms. The smallest absolute Gasteiger partial charge is 0.201 e. The summed E-state index contributed by atoms with van der Waals surface area (Å²) in [5.41, 5.74) is 3.79. The van der Waals surface area contributed by atoms with Gasteiger partial charge in [-0.3, -0.25) is 4.90 Å². The van der Waals surface area contributed by atoms with Crippen molar-refractivity contribution < 1.29 is 8.42 Å². The van der Waals surface area contributed by atoms with E-state index >= 15 is 0 Å². The highest BCUT2D eigenvalue weighted by molar-refractivity contribution is 7.90. The number of pyridine rings is 1. The maximum Gasteiger partial charge on any atom is 0.201 e. The van der Waals surface area contributed by atoms with Crippen LogP contribution in [0, 0.1) is 6.92 Å². The zero-order valence-corrected chi connectivity index (χ0v) is 18.9. The standard InChI is InChI=1S/C22H26N4O2S2/c1-17-12-22(30(27,28)16-19-9-11-29-24-19)23-13-21(17)25(2)20-8-10-26(15-20)14-18-6-4-3-5-7-18/h3-7,9,11-13,20H,8,10,14-16H2,1-2H3/t20-/m0/s1. The van der Waals surface area contributed by atoms with Crippen LogP contribution in [0.25, 0.3) is 0 Å². The molecule has 6 nitrogen and oxygen atoms in total. The number of likely N-dealkylation sites (tertiary alicyclic amines) is 1. The van der Waals surface area contributed by atoms with Crippen molar-refractivity contribution >= 4 is 27.1 Å². The first-order valence-corrected chi connectivity index (χ1v) is 12.5. The summed E-state index contributed by atoms with van der Waals surface area (Å²) in [7, 11) is -1.43. The molecule has 0 saturated carbocycles. The molecule has 1 aromatic carbocycles. The Bertz CT molecular complexity index is 1090. The quantitative estimate of drug-likeness (QED) is 0.558. The molecule has 0 spiro atoms. The van der Waals surface area contributed by atoms with Crippen LogP contribution in [-0.2, 0) is 22.1 Å². The van der Waals surface area contributed by atoms with Crippen molar-refractivity contribution in [3.63, 3.8) is 0 Å². The number of nitrogens with zero attached hydrogens (tertiary/aromatic N) is 4. The van der Waals surface area contributed by atoms with Gasteiger partial charge in [-0.05, 0) is 48.1 Å². The number of benzene rings is 1. The molecule has 3 aromatic rings. The fourth-order valence-corrected chi connectivity index (χ4v) is 5.84. The van der Waals surface area contributed by atoms with Crippen molar-refractivity contribution in [2.24, 2.45) is 0 Å². The number of aromatic nitrogens is 2. The van der Waals surface area contributed by atoms with Gasteiger partial charge in [0.15, 0.2) is 5.03 Å². The maximum absolute atomic E-state index is 12.7. The lowest BCUT2D eigenvalue weighted by Crippen LogP contribution is -2.35. The predicted molar refractivity (Wildman–Crippen MR) is 121 cm³/mol. The summed E-state index contributed by atoms with van der Waals surface area (Å²) in [5, 5.41) is 1.90. The van der Waals surface area contributed by atoms with Gasteiger partial charge in [-0.2, -0.15) is 4.37 Å². The van der Waals surface area contributed by atoms with Crippen molar-refractivity contribution in [3.8, 4) is 0 Å². The van der Waals surface area contributed by atoms with Crippen LogP contribution in [0.4, 0.5) is 5.69 Å². The molecule has 158 valence electrons. The third-order valence-electron chi connectivity index (χ3n) is 5.63. The van der Waals surface area contributed by atoms with Crippen molar-refractivity contribution in [1.82, 2.24) is 14.3 Å². The zero-order valence-electron chi connectivity index (χ0n) is 17.2. The van der Waals surface area contributed by atoms with E-state index in [1.165, 1.54) is 17.1 Å². The molecular weight excluding hydrogens is 416 g/mol. The normalized spacial score (nSPS) is 17.3. The Balaban J connectivity index is 1.44. The minimum absolute atomic E-state index is 0.113. The first-order chi connectivity index (χ1) is 14.4. The summed E-state index contributed by atoms with van der Waals surface area (Å²) >= 11 is 1.25. The van der Waals surface area contributed by atoms with Crippen molar-refractivity contribution in [2.75, 3.05) is 25.0 Å². The molecule has 30 heavy (non-hydrogen) atoms. The van der Waals surface area contributed by atoms with E-state index in [9.17, 15) is 8.42 Å². The van der Waals surface area contributed by atoms with Crippen LogP contribution in [0.5, 0.6) is 0 Å². The zero-order chi connectivity index (χ0) is 21.1. The molecular formula is C22H26N4O2S2. The molecule has 8 heteroatoms. The first-order valence-electron chi connectivity index (χ1n) is 10.00. The first kappa shape index (κ1) is 21.0. The van der Waals surface area contributed by atoms with E-state index in [0.717, 1.165) is 37.3 Å². The number of rotatable bonds is 7. The van der Waals surface area contributed by atoms with Crippen LogP contribution in [-0.4, -0.2) is 48.9 Å². The lowest BCUT2D eigenvalue weighted by molar-refractivity contribution is 0.326. The number of anilines is 1. The summed E-state index contributed by atoms with van der Waals surface area (Å²) in [6.07, 6.45) is 2.77. The van der Waals surface area contributed by atoms with E-state index in [1.807, 2.05) is 13.0 Å². The summed E-state index contributed by atoms with van der Waals surface area (Å²) in [4.78, 5) is 9.01. The number of aryl methyl sites for hydroxylation is 1. The van der Waals surface area contributed by atoms with Gasteiger partial charge in [-0.25, -0.2) is 13.4 Å². The summed E-state index contributed by atoms with van der Waals surface area (Å²) in [6.45, 7) is 4.94. The molecule has 1 aliphatic rings. The Morgan fingerprint density at radius 1 is 1.23 bits per heavy atom. The Morgan fingerprint density at radius 3 is 2.73 bits per heavy atom. The van der Waals surface area contributed by atoms with Crippen LogP contribution in [0.1, 0.15) is 23.2 Å². The molecule has 2 aromatic heterocycles. The Kier molecular flexibility index (Phi) is 6.17. The largest absolute Gasteiger partial charge is 0.369 e. The van der Waals surface area contributed by atoms with Gasteiger partial charge in [0.1, 0.15) is 0 Å². The highest BCUT2D eigenvalue weighted by Crippen LogP contribution is 2.27. The number of sulfone groups is 1. The second kappa shape index (κ2) is 8.83. The fraction of sp³-hybridized carbons (Fsp3) is 0.364. The molecule has 1 atom stereocenters. The summed E-state index contributed by atoms with van der Waals surface area (Å²) < 4.78 is 29.5. The van der Waals surface area contributed by atoms with Gasteiger partial charge >= 0.3 is 0 Å². The SMILES string of the molecule is Cc1cc(S(=O)(=O)Cc2ccsn2)ncc1N(C)[C@H]1CCN(Cc2ccccc2)C1. The number of likely N-dealkylation sites (N-methyl/N-ethyl adjacent to an activating group) is 1. The van der Waals surface area contributed by atoms with Crippen molar-refractivity contribution in [1.29, 1.82) is 0 Å². The molecule has 3 heterocycles. The van der Waals surface area contributed by atoms with E-state index < -0.39 is 9.84 Å². The second-order valence-corrected chi connectivity index (χ2v) is 10.4. The highest BCUT2D eigenvalue weighted by atomic mass is 32.2.